The second-order valence-corrected chi connectivity index (χ2v) is 8.11. The van der Waals surface area contributed by atoms with E-state index in [9.17, 15) is 14.4 Å². The summed E-state index contributed by atoms with van der Waals surface area (Å²) >= 11 is 0. The molecule has 4 rings (SSSR count). The number of amides is 1. The average Bonchev–Trinajstić information content (AvgIpc) is 3.36. The van der Waals surface area contributed by atoms with E-state index in [2.05, 4.69) is 15.6 Å². The van der Waals surface area contributed by atoms with E-state index in [1.54, 1.807) is 38.3 Å². The van der Waals surface area contributed by atoms with Crippen molar-refractivity contribution in [2.24, 2.45) is 0 Å². The van der Waals surface area contributed by atoms with Crippen molar-refractivity contribution in [1.82, 2.24) is 15.0 Å². The lowest BCUT2D eigenvalue weighted by molar-refractivity contribution is 0.0509. The van der Waals surface area contributed by atoms with E-state index in [4.69, 9.17) is 14.2 Å². The van der Waals surface area contributed by atoms with Crippen molar-refractivity contribution < 1.29 is 28.6 Å². The number of rotatable bonds is 10. The summed E-state index contributed by atoms with van der Waals surface area (Å²) in [6.45, 7) is 2.13. The zero-order valence-electron chi connectivity index (χ0n) is 20.9. The van der Waals surface area contributed by atoms with E-state index in [1.165, 1.54) is 16.8 Å². The monoisotopic (exact) mass is 514 g/mol. The van der Waals surface area contributed by atoms with Crippen LogP contribution in [0.1, 0.15) is 44.6 Å². The number of anilines is 1. The Morgan fingerprint density at radius 3 is 2.24 bits per heavy atom. The maximum absolute atomic E-state index is 13.3. The van der Waals surface area contributed by atoms with E-state index < -0.39 is 17.8 Å². The number of nitrogens with one attached hydrogen (secondary N) is 1. The molecule has 1 heterocycles. The summed E-state index contributed by atoms with van der Waals surface area (Å²) in [4.78, 5) is 38.1. The highest BCUT2D eigenvalue weighted by atomic mass is 16.5. The topological polar surface area (TPSA) is 122 Å². The molecule has 0 aliphatic rings. The first kappa shape index (κ1) is 26.1. The lowest BCUT2D eigenvalue weighted by Crippen LogP contribution is -2.18. The summed E-state index contributed by atoms with van der Waals surface area (Å²) in [5.41, 5.74) is 2.22. The third-order valence-electron chi connectivity index (χ3n) is 5.52. The number of aromatic nitrogens is 3. The zero-order chi connectivity index (χ0) is 26.9. The van der Waals surface area contributed by atoms with Crippen molar-refractivity contribution in [3.8, 4) is 5.75 Å². The molecule has 0 unspecified atom stereocenters. The Balaban J connectivity index is 1.48. The van der Waals surface area contributed by atoms with Crippen molar-refractivity contribution in [3.63, 3.8) is 0 Å². The van der Waals surface area contributed by atoms with Crippen LogP contribution in [-0.4, -0.2) is 46.6 Å². The normalized spacial score (nSPS) is 10.5. The molecule has 0 aliphatic heterocycles. The number of methoxy groups -OCH3 is 1. The van der Waals surface area contributed by atoms with Gasteiger partial charge in [-0.2, -0.15) is 0 Å². The van der Waals surface area contributed by atoms with Crippen LogP contribution >= 0.6 is 0 Å². The van der Waals surface area contributed by atoms with Gasteiger partial charge < -0.3 is 14.2 Å². The van der Waals surface area contributed by atoms with Gasteiger partial charge in [-0.25, -0.2) is 14.3 Å². The molecule has 1 aromatic heterocycles. The minimum atomic E-state index is -0.700. The molecule has 0 bridgehead atoms. The molecule has 194 valence electrons. The zero-order valence-corrected chi connectivity index (χ0v) is 20.9. The molecule has 0 fully saturated rings. The van der Waals surface area contributed by atoms with Gasteiger partial charge >= 0.3 is 12.1 Å². The standard InChI is InChI=1S/C28H26N4O6/c1-3-37-27(34)25-24(30-31-32(25)17-19-9-15-23(36-2)16-10-19)26(33)21-11-13-22(14-12-21)29-28(35)38-18-20-7-5-4-6-8-20/h4-16H,3,17-18H2,1-2H3,(H,29,35). The van der Waals surface area contributed by atoms with Crippen LogP contribution in [0, 0.1) is 0 Å². The minimum absolute atomic E-state index is 0.0423. The number of esters is 1. The summed E-state index contributed by atoms with van der Waals surface area (Å²) in [7, 11) is 1.57. The first-order chi connectivity index (χ1) is 18.5. The maximum atomic E-state index is 13.3. The van der Waals surface area contributed by atoms with Gasteiger partial charge in [0.05, 0.1) is 20.3 Å². The fourth-order valence-corrected chi connectivity index (χ4v) is 3.60. The highest BCUT2D eigenvalue weighted by Crippen LogP contribution is 2.19. The predicted molar refractivity (Wildman–Crippen MR) is 138 cm³/mol. The number of ketones is 1. The van der Waals surface area contributed by atoms with Crippen LogP contribution < -0.4 is 10.1 Å². The van der Waals surface area contributed by atoms with Crippen LogP contribution in [0.2, 0.25) is 0 Å². The van der Waals surface area contributed by atoms with E-state index in [0.717, 1.165) is 11.1 Å². The van der Waals surface area contributed by atoms with Crippen molar-refractivity contribution >= 4 is 23.5 Å². The molecular formula is C28H26N4O6. The van der Waals surface area contributed by atoms with Crippen LogP contribution in [0.4, 0.5) is 10.5 Å². The molecule has 0 saturated carbocycles. The van der Waals surface area contributed by atoms with Crippen LogP contribution in [-0.2, 0) is 22.6 Å². The first-order valence-electron chi connectivity index (χ1n) is 11.8. The summed E-state index contributed by atoms with van der Waals surface area (Å²) in [5.74, 6) is -0.516. The number of carbonyl (C=O) groups is 3. The number of hydrogen-bond donors (Lipinski definition) is 1. The molecule has 0 atom stereocenters. The molecule has 10 nitrogen and oxygen atoms in total. The number of nitrogens with zero attached hydrogens (tertiary/aromatic N) is 3. The summed E-state index contributed by atoms with van der Waals surface area (Å²) in [6.07, 6.45) is -0.626. The third kappa shape index (κ3) is 6.41. The molecule has 3 aromatic carbocycles. The molecular weight excluding hydrogens is 488 g/mol. The van der Waals surface area contributed by atoms with E-state index in [1.807, 2.05) is 42.5 Å². The lowest BCUT2D eigenvalue weighted by Gasteiger charge is -2.09. The Morgan fingerprint density at radius 1 is 0.868 bits per heavy atom. The summed E-state index contributed by atoms with van der Waals surface area (Å²) in [5, 5.41) is 10.7. The number of carbonyl (C=O) groups excluding carboxylic acids is 3. The highest BCUT2D eigenvalue weighted by Gasteiger charge is 2.27. The maximum Gasteiger partial charge on any atom is 0.411 e. The fourth-order valence-electron chi connectivity index (χ4n) is 3.60. The second kappa shape index (κ2) is 12.3. The van der Waals surface area contributed by atoms with Crippen LogP contribution in [0.15, 0.2) is 78.9 Å². The molecule has 1 amide bonds. The van der Waals surface area contributed by atoms with Gasteiger partial charge in [-0.05, 0) is 54.4 Å². The lowest BCUT2D eigenvalue weighted by atomic mass is 10.1. The summed E-state index contributed by atoms with van der Waals surface area (Å²) in [6, 6.07) is 22.7. The van der Waals surface area contributed by atoms with Crippen LogP contribution in [0.25, 0.3) is 0 Å². The van der Waals surface area contributed by atoms with Gasteiger partial charge in [-0.3, -0.25) is 10.1 Å². The van der Waals surface area contributed by atoms with Crippen LogP contribution in [0.3, 0.4) is 0 Å². The van der Waals surface area contributed by atoms with Gasteiger partial charge in [0.1, 0.15) is 12.4 Å². The number of benzene rings is 3. The molecule has 4 aromatic rings. The first-order valence-corrected chi connectivity index (χ1v) is 11.8. The Bertz CT molecular complexity index is 1400. The largest absolute Gasteiger partial charge is 0.497 e. The molecule has 10 heteroatoms. The predicted octanol–water partition coefficient (Wildman–Crippen LogP) is 4.49. The Hall–Kier alpha value is -4.99. The van der Waals surface area contributed by atoms with Gasteiger partial charge in [0, 0.05) is 11.3 Å². The quantitative estimate of drug-likeness (QED) is 0.243. The molecule has 0 radical (unpaired) electrons. The van der Waals surface area contributed by atoms with Crippen molar-refractivity contribution in [2.45, 2.75) is 20.1 Å². The number of hydrogen-bond acceptors (Lipinski definition) is 8. The van der Waals surface area contributed by atoms with Crippen molar-refractivity contribution in [3.05, 3.63) is 107 Å². The molecule has 38 heavy (non-hydrogen) atoms. The Labute approximate surface area is 219 Å². The third-order valence-corrected chi connectivity index (χ3v) is 5.52. The second-order valence-electron chi connectivity index (χ2n) is 8.11. The van der Waals surface area contributed by atoms with Gasteiger partial charge in [-0.15, -0.1) is 5.10 Å². The fraction of sp³-hybridized carbons (Fsp3) is 0.179. The Kier molecular flexibility index (Phi) is 8.45. The van der Waals surface area contributed by atoms with Gasteiger partial charge in [0.2, 0.25) is 5.78 Å². The van der Waals surface area contributed by atoms with Crippen LogP contribution in [0.5, 0.6) is 5.75 Å². The SMILES string of the molecule is CCOC(=O)c1c(C(=O)c2ccc(NC(=O)OCc3ccccc3)cc2)nnn1Cc1ccc(OC)cc1. The summed E-state index contributed by atoms with van der Waals surface area (Å²) < 4.78 is 16.9. The molecule has 0 spiro atoms. The van der Waals surface area contributed by atoms with Gasteiger partial charge in [0.15, 0.2) is 11.4 Å². The van der Waals surface area contributed by atoms with E-state index >= 15 is 0 Å². The van der Waals surface area contributed by atoms with Gasteiger partial charge in [0.25, 0.3) is 0 Å². The Morgan fingerprint density at radius 2 is 1.58 bits per heavy atom. The van der Waals surface area contributed by atoms with Crippen molar-refractivity contribution in [2.75, 3.05) is 19.0 Å². The smallest absolute Gasteiger partial charge is 0.411 e. The molecule has 0 aliphatic carbocycles. The van der Waals surface area contributed by atoms with E-state index in [-0.39, 0.29) is 36.7 Å². The molecule has 0 saturated heterocycles. The van der Waals surface area contributed by atoms with E-state index in [0.29, 0.717) is 11.4 Å². The minimum Gasteiger partial charge on any atom is -0.497 e. The van der Waals surface area contributed by atoms with Crippen molar-refractivity contribution in [1.29, 1.82) is 0 Å². The molecule has 1 N–H and O–H groups in total. The average molecular weight is 515 g/mol. The number of ether oxygens (including phenoxy) is 3. The highest BCUT2D eigenvalue weighted by molar-refractivity contribution is 6.12. The van der Waals surface area contributed by atoms with Gasteiger partial charge in [-0.1, -0.05) is 47.7 Å².